The van der Waals surface area contributed by atoms with Crippen LogP contribution in [0.1, 0.15) is 50.4 Å². The molecule has 2 fully saturated rings. The lowest BCUT2D eigenvalue weighted by molar-refractivity contribution is 0.299. The second-order valence-electron chi connectivity index (χ2n) is 10.5. The fourth-order valence-corrected chi connectivity index (χ4v) is 5.95. The van der Waals surface area contributed by atoms with E-state index in [-0.39, 0.29) is 17.8 Å². The van der Waals surface area contributed by atoms with Crippen LogP contribution in [0.2, 0.25) is 0 Å². The Labute approximate surface area is 207 Å². The van der Waals surface area contributed by atoms with Crippen LogP contribution in [0.3, 0.4) is 0 Å². The predicted molar refractivity (Wildman–Crippen MR) is 135 cm³/mol. The van der Waals surface area contributed by atoms with E-state index in [0.29, 0.717) is 11.2 Å². The normalized spacial score (nSPS) is 22.3. The van der Waals surface area contributed by atoms with Gasteiger partial charge >= 0.3 is 0 Å². The smallest absolute Gasteiger partial charge is 0.202 e. The number of rotatable bonds is 7. The molecule has 0 amide bonds. The fourth-order valence-electron chi connectivity index (χ4n) is 5.11. The van der Waals surface area contributed by atoms with Crippen LogP contribution < -0.4 is 0 Å². The highest BCUT2D eigenvalue weighted by Crippen LogP contribution is 2.59. The number of piperidine rings is 1. The largest absolute Gasteiger partial charge is 0.440 e. The number of halogens is 1. The van der Waals surface area contributed by atoms with Crippen molar-refractivity contribution >= 4 is 24.2 Å². The minimum Gasteiger partial charge on any atom is -0.440 e. The average molecular weight is 488 g/mol. The third kappa shape index (κ3) is 4.60. The molecule has 0 N–H and O–H groups in total. The molecule has 6 nitrogen and oxygen atoms in total. The van der Waals surface area contributed by atoms with Gasteiger partial charge in [0.15, 0.2) is 17.3 Å². The molecule has 1 aliphatic heterocycles. The monoisotopic (exact) mass is 487 g/mol. The van der Waals surface area contributed by atoms with Gasteiger partial charge in [-0.1, -0.05) is 56.8 Å². The van der Waals surface area contributed by atoms with Crippen LogP contribution in [0.15, 0.2) is 40.2 Å². The van der Waals surface area contributed by atoms with Crippen LogP contribution in [0.4, 0.5) is 0 Å². The maximum atomic E-state index is 5.47. The highest BCUT2D eigenvalue weighted by atomic mass is 35.5. The van der Waals surface area contributed by atoms with E-state index in [1.54, 1.807) is 17.3 Å². The van der Waals surface area contributed by atoms with Crippen molar-refractivity contribution < 1.29 is 4.42 Å². The zero-order valence-electron chi connectivity index (χ0n) is 20.2. The summed E-state index contributed by atoms with van der Waals surface area (Å²) in [7, 11) is 1.99. The minimum absolute atomic E-state index is 0. The van der Waals surface area contributed by atoms with E-state index >= 15 is 0 Å². The Morgan fingerprint density at radius 3 is 2.61 bits per heavy atom. The van der Waals surface area contributed by atoms with E-state index in [2.05, 4.69) is 65.1 Å². The molecule has 33 heavy (non-hydrogen) atoms. The van der Waals surface area contributed by atoms with Crippen molar-refractivity contribution in [1.82, 2.24) is 24.6 Å². The first-order valence-corrected chi connectivity index (χ1v) is 12.5. The third-order valence-electron chi connectivity index (χ3n) is 7.18. The second-order valence-corrected chi connectivity index (χ2v) is 11.5. The molecule has 1 aliphatic carbocycles. The number of benzene rings is 1. The van der Waals surface area contributed by atoms with E-state index in [0.717, 1.165) is 41.3 Å². The van der Waals surface area contributed by atoms with Gasteiger partial charge in [-0.05, 0) is 48.8 Å². The van der Waals surface area contributed by atoms with Gasteiger partial charge in [0.05, 0.1) is 5.69 Å². The van der Waals surface area contributed by atoms with Crippen molar-refractivity contribution in [2.45, 2.75) is 56.5 Å². The van der Waals surface area contributed by atoms with Crippen molar-refractivity contribution in [2.24, 2.45) is 13.0 Å². The van der Waals surface area contributed by atoms with Gasteiger partial charge in [0.25, 0.3) is 0 Å². The van der Waals surface area contributed by atoms with Crippen LogP contribution in [0, 0.1) is 12.8 Å². The summed E-state index contributed by atoms with van der Waals surface area (Å²) in [5, 5.41) is 9.58. The van der Waals surface area contributed by atoms with Crippen molar-refractivity contribution in [3.8, 4) is 11.6 Å². The molecule has 0 bridgehead atoms. The van der Waals surface area contributed by atoms with Gasteiger partial charge in [0.2, 0.25) is 5.82 Å². The van der Waals surface area contributed by atoms with E-state index < -0.39 is 0 Å². The lowest BCUT2D eigenvalue weighted by Gasteiger charge is -2.23. The van der Waals surface area contributed by atoms with Gasteiger partial charge in [0, 0.05) is 31.3 Å². The van der Waals surface area contributed by atoms with Crippen molar-refractivity contribution in [1.29, 1.82) is 0 Å². The van der Waals surface area contributed by atoms with Gasteiger partial charge in [-0.25, -0.2) is 4.98 Å². The fraction of sp³-hybridized carbons (Fsp3) is 0.560. The third-order valence-corrected chi connectivity index (χ3v) is 8.28. The Hall–Kier alpha value is -1.83. The molecule has 2 aliphatic rings. The molecular weight excluding hydrogens is 454 g/mol. The van der Waals surface area contributed by atoms with Crippen molar-refractivity contribution in [2.75, 3.05) is 25.4 Å². The molecule has 2 unspecified atom stereocenters. The van der Waals surface area contributed by atoms with Crippen LogP contribution >= 0.6 is 24.2 Å². The number of likely N-dealkylation sites (tertiary alicyclic amines) is 1. The van der Waals surface area contributed by atoms with Gasteiger partial charge in [-0.2, -0.15) is 0 Å². The molecule has 3 aromatic rings. The lowest BCUT2D eigenvalue weighted by atomic mass is 9.85. The van der Waals surface area contributed by atoms with E-state index in [4.69, 9.17) is 4.42 Å². The highest BCUT2D eigenvalue weighted by molar-refractivity contribution is 7.99. The molecule has 178 valence electrons. The predicted octanol–water partition coefficient (Wildman–Crippen LogP) is 5.25. The summed E-state index contributed by atoms with van der Waals surface area (Å²) in [4.78, 5) is 6.81. The number of oxazole rings is 1. The van der Waals surface area contributed by atoms with E-state index in [1.807, 2.05) is 18.5 Å². The van der Waals surface area contributed by atoms with Gasteiger partial charge < -0.3 is 13.9 Å². The van der Waals surface area contributed by atoms with E-state index in [1.165, 1.54) is 31.5 Å². The van der Waals surface area contributed by atoms with Crippen molar-refractivity contribution in [3.63, 3.8) is 0 Å². The first-order chi connectivity index (χ1) is 15.3. The number of thioether (sulfide) groups is 1. The summed E-state index contributed by atoms with van der Waals surface area (Å²) < 4.78 is 7.47. The first-order valence-electron chi connectivity index (χ1n) is 11.5. The van der Waals surface area contributed by atoms with Crippen LogP contribution in [0.5, 0.6) is 0 Å². The standard InChI is InChI=1S/C25H33N5OS.ClH/c1-17-21(31-16-26-17)22-27-28-23(29(22)5)32-12-6-11-30-14-20-13-25(20,15-30)19-9-7-18(8-10-19)24(2,3)4;/h7-10,16,20H,6,11-15H2,1-5H3;1H. The molecule has 1 saturated heterocycles. The summed E-state index contributed by atoms with van der Waals surface area (Å²) in [6, 6.07) is 9.46. The lowest BCUT2D eigenvalue weighted by Crippen LogP contribution is -2.28. The minimum atomic E-state index is 0. The molecular formula is C25H34ClN5OS. The van der Waals surface area contributed by atoms with Crippen LogP contribution in [-0.2, 0) is 17.9 Å². The van der Waals surface area contributed by atoms with E-state index in [9.17, 15) is 0 Å². The maximum absolute atomic E-state index is 5.47. The van der Waals surface area contributed by atoms with Crippen molar-refractivity contribution in [3.05, 3.63) is 47.5 Å². The molecule has 0 radical (unpaired) electrons. The zero-order valence-corrected chi connectivity index (χ0v) is 21.8. The number of nitrogens with zero attached hydrogens (tertiary/aromatic N) is 5. The summed E-state index contributed by atoms with van der Waals surface area (Å²) in [6.45, 7) is 12.4. The SMILES string of the molecule is Cc1ncoc1-c1nnc(SCCCN2CC3CC3(c3ccc(C(C)(C)C)cc3)C2)n1C.Cl. The molecule has 2 atom stereocenters. The molecule has 8 heteroatoms. The molecule has 1 aromatic carbocycles. The van der Waals surface area contributed by atoms with Gasteiger partial charge in [0.1, 0.15) is 0 Å². The summed E-state index contributed by atoms with van der Waals surface area (Å²) in [6.07, 6.45) is 3.97. The molecule has 3 heterocycles. The summed E-state index contributed by atoms with van der Waals surface area (Å²) >= 11 is 1.77. The summed E-state index contributed by atoms with van der Waals surface area (Å²) in [5.41, 5.74) is 4.44. The number of fused-ring (bicyclic) bond motifs is 1. The summed E-state index contributed by atoms with van der Waals surface area (Å²) in [5.74, 6) is 3.31. The van der Waals surface area contributed by atoms with Crippen LogP contribution in [-0.4, -0.2) is 50.0 Å². The topological polar surface area (TPSA) is 60.0 Å². The van der Waals surface area contributed by atoms with Crippen LogP contribution in [0.25, 0.3) is 11.6 Å². The maximum Gasteiger partial charge on any atom is 0.202 e. The molecule has 0 spiro atoms. The number of hydrogen-bond donors (Lipinski definition) is 0. The van der Waals surface area contributed by atoms with Gasteiger partial charge in [-0.3, -0.25) is 0 Å². The Kier molecular flexibility index (Phi) is 6.69. The Bertz CT molecular complexity index is 1100. The Balaban J connectivity index is 0.00000259. The quantitative estimate of drug-likeness (QED) is 0.335. The highest BCUT2D eigenvalue weighted by Gasteiger charge is 2.60. The first kappa shape index (κ1) is 24.3. The number of aryl methyl sites for hydroxylation is 1. The zero-order chi connectivity index (χ0) is 22.5. The average Bonchev–Trinajstić information content (AvgIpc) is 3.05. The Morgan fingerprint density at radius 1 is 1.18 bits per heavy atom. The molecule has 2 aromatic heterocycles. The number of hydrogen-bond acceptors (Lipinski definition) is 6. The second kappa shape index (κ2) is 9.08. The molecule has 1 saturated carbocycles. The molecule has 5 rings (SSSR count). The van der Waals surface area contributed by atoms with Gasteiger partial charge in [-0.15, -0.1) is 22.6 Å². The Morgan fingerprint density at radius 2 is 1.94 bits per heavy atom. The number of aromatic nitrogens is 4.